The van der Waals surface area contributed by atoms with Crippen LogP contribution in [-0.2, 0) is 19.1 Å². The van der Waals surface area contributed by atoms with Gasteiger partial charge in [-0.2, -0.15) is 0 Å². The number of fused-ring (bicyclic) bond motifs is 3. The minimum absolute atomic E-state index is 0.0769. The zero-order valence-electron chi connectivity index (χ0n) is 15.3. The van der Waals surface area contributed by atoms with Gasteiger partial charge in [0.2, 0.25) is 5.91 Å². The molecule has 8 nitrogen and oxygen atoms in total. The van der Waals surface area contributed by atoms with Crippen LogP contribution < -0.4 is 5.32 Å². The summed E-state index contributed by atoms with van der Waals surface area (Å²) in [6.45, 7) is -0.645. The van der Waals surface area contributed by atoms with Gasteiger partial charge in [-0.1, -0.05) is 48.5 Å². The number of carboxylic acid groups (broad SMARTS) is 1. The number of nitrogens with one attached hydrogen (secondary N) is 1. The average molecular weight is 394 g/mol. The second-order valence-electron chi connectivity index (χ2n) is 6.94. The molecule has 148 valence electrons. The number of hydrogen-bond acceptors (Lipinski definition) is 5. The first kappa shape index (κ1) is 18.7. The van der Waals surface area contributed by atoms with Crippen molar-refractivity contribution in [2.45, 2.75) is 18.4 Å². The Morgan fingerprint density at radius 2 is 1.62 bits per heavy atom. The van der Waals surface area contributed by atoms with E-state index in [0.29, 0.717) is 4.90 Å². The van der Waals surface area contributed by atoms with Crippen LogP contribution >= 0.6 is 0 Å². The Morgan fingerprint density at radius 1 is 1.03 bits per heavy atom. The normalized spacial score (nSPS) is 17.8. The molecule has 2 aromatic carbocycles. The number of ether oxygens (including phenoxy) is 1. The van der Waals surface area contributed by atoms with Crippen LogP contribution in [0.3, 0.4) is 0 Å². The molecule has 1 atom stereocenters. The largest absolute Gasteiger partial charge is 0.480 e. The third-order valence-electron chi connectivity index (χ3n) is 5.17. The first-order valence-electron chi connectivity index (χ1n) is 9.13. The van der Waals surface area contributed by atoms with E-state index in [2.05, 4.69) is 5.32 Å². The number of alkyl carbamates (subject to hydrolysis) is 1. The van der Waals surface area contributed by atoms with Crippen LogP contribution in [0.1, 0.15) is 23.5 Å². The van der Waals surface area contributed by atoms with Crippen molar-refractivity contribution in [2.75, 3.05) is 13.2 Å². The molecule has 1 saturated heterocycles. The van der Waals surface area contributed by atoms with E-state index >= 15 is 0 Å². The third kappa shape index (κ3) is 3.44. The molecule has 1 heterocycles. The van der Waals surface area contributed by atoms with E-state index in [0.717, 1.165) is 22.3 Å². The molecular formula is C21H18N2O6. The van der Waals surface area contributed by atoms with Gasteiger partial charge in [0.25, 0.3) is 5.91 Å². The summed E-state index contributed by atoms with van der Waals surface area (Å²) in [5.41, 5.74) is 4.30. The lowest BCUT2D eigenvalue weighted by Crippen LogP contribution is -2.43. The standard InChI is InChI=1S/C21H18N2O6/c24-18-9-17(20(27)23(18)10-19(25)26)22-21(28)29-11-16-14-7-3-1-5-12(14)13-6-2-4-8-15(13)16/h1-8,16-17H,9-11H2,(H,22,28)(H,25,26). The van der Waals surface area contributed by atoms with Crippen LogP contribution in [0.25, 0.3) is 11.1 Å². The molecule has 1 unspecified atom stereocenters. The van der Waals surface area contributed by atoms with Crippen LogP contribution in [0.15, 0.2) is 48.5 Å². The SMILES string of the molecule is O=C(O)CN1C(=O)CC(NC(=O)OCC2c3ccccc3-c3ccccc32)C1=O. The number of nitrogens with zero attached hydrogens (tertiary/aromatic N) is 1. The number of likely N-dealkylation sites (tertiary alicyclic amines) is 1. The van der Waals surface area contributed by atoms with Crippen molar-refractivity contribution < 1.29 is 29.0 Å². The maximum absolute atomic E-state index is 12.2. The number of imide groups is 1. The van der Waals surface area contributed by atoms with Gasteiger partial charge in [-0.3, -0.25) is 19.3 Å². The first-order valence-corrected chi connectivity index (χ1v) is 9.13. The monoisotopic (exact) mass is 394 g/mol. The number of aliphatic carboxylic acids is 1. The van der Waals surface area contributed by atoms with Gasteiger partial charge in [-0.25, -0.2) is 4.79 Å². The average Bonchev–Trinajstić information content (AvgIpc) is 3.15. The van der Waals surface area contributed by atoms with Crippen molar-refractivity contribution in [1.29, 1.82) is 0 Å². The van der Waals surface area contributed by atoms with E-state index in [-0.39, 0.29) is 18.9 Å². The molecule has 3 amide bonds. The van der Waals surface area contributed by atoms with E-state index < -0.39 is 36.5 Å². The summed E-state index contributed by atoms with van der Waals surface area (Å²) >= 11 is 0. The molecule has 0 bridgehead atoms. The summed E-state index contributed by atoms with van der Waals surface area (Å²) in [5.74, 6) is -2.81. The zero-order valence-corrected chi connectivity index (χ0v) is 15.3. The molecule has 8 heteroatoms. The lowest BCUT2D eigenvalue weighted by molar-refractivity contribution is -0.148. The van der Waals surface area contributed by atoms with E-state index in [9.17, 15) is 19.2 Å². The molecule has 4 rings (SSSR count). The third-order valence-corrected chi connectivity index (χ3v) is 5.17. The van der Waals surface area contributed by atoms with Crippen molar-refractivity contribution in [3.8, 4) is 11.1 Å². The summed E-state index contributed by atoms with van der Waals surface area (Å²) in [7, 11) is 0. The molecule has 0 radical (unpaired) electrons. The predicted octanol–water partition coefficient (Wildman–Crippen LogP) is 1.74. The second kappa shape index (κ2) is 7.38. The molecule has 2 aromatic rings. The summed E-state index contributed by atoms with van der Waals surface area (Å²) in [5, 5.41) is 11.2. The fourth-order valence-electron chi connectivity index (χ4n) is 3.88. The quantitative estimate of drug-likeness (QED) is 0.747. The summed E-state index contributed by atoms with van der Waals surface area (Å²) in [4.78, 5) is 47.6. The molecule has 1 aliphatic heterocycles. The van der Waals surface area contributed by atoms with Crippen molar-refractivity contribution in [3.63, 3.8) is 0 Å². The molecule has 0 spiro atoms. The smallest absolute Gasteiger partial charge is 0.407 e. The van der Waals surface area contributed by atoms with Gasteiger partial charge in [-0.15, -0.1) is 0 Å². The van der Waals surface area contributed by atoms with Crippen molar-refractivity contribution in [1.82, 2.24) is 10.2 Å². The fraction of sp³-hybridized carbons (Fsp3) is 0.238. The molecular weight excluding hydrogens is 376 g/mol. The first-order chi connectivity index (χ1) is 14.0. The molecule has 0 aromatic heterocycles. The fourth-order valence-corrected chi connectivity index (χ4v) is 3.88. The van der Waals surface area contributed by atoms with Crippen molar-refractivity contribution in [2.24, 2.45) is 0 Å². The van der Waals surface area contributed by atoms with Crippen molar-refractivity contribution in [3.05, 3.63) is 59.7 Å². The van der Waals surface area contributed by atoms with Crippen LogP contribution in [0.2, 0.25) is 0 Å². The number of carbonyl (C=O) groups is 4. The van der Waals surface area contributed by atoms with E-state index in [1.165, 1.54) is 0 Å². The highest BCUT2D eigenvalue weighted by Gasteiger charge is 2.40. The van der Waals surface area contributed by atoms with Crippen LogP contribution in [0.5, 0.6) is 0 Å². The van der Waals surface area contributed by atoms with Gasteiger partial charge in [0.05, 0.1) is 6.42 Å². The summed E-state index contributed by atoms with van der Waals surface area (Å²) in [6, 6.07) is 14.7. The lowest BCUT2D eigenvalue weighted by atomic mass is 9.98. The molecule has 0 saturated carbocycles. The van der Waals surface area contributed by atoms with Crippen LogP contribution in [0, 0.1) is 0 Å². The molecule has 2 aliphatic rings. The number of rotatable bonds is 5. The van der Waals surface area contributed by atoms with E-state index in [4.69, 9.17) is 9.84 Å². The van der Waals surface area contributed by atoms with Gasteiger partial charge in [0.1, 0.15) is 19.2 Å². The highest BCUT2D eigenvalue weighted by molar-refractivity contribution is 6.08. The number of carboxylic acids is 1. The van der Waals surface area contributed by atoms with Crippen molar-refractivity contribution >= 4 is 23.9 Å². The van der Waals surface area contributed by atoms with Gasteiger partial charge in [-0.05, 0) is 22.3 Å². The Balaban J connectivity index is 1.41. The summed E-state index contributed by atoms with van der Waals surface area (Å²) in [6.07, 6.45) is -1.11. The van der Waals surface area contributed by atoms with Gasteiger partial charge >= 0.3 is 12.1 Å². The van der Waals surface area contributed by atoms with Crippen LogP contribution in [0.4, 0.5) is 4.79 Å². The highest BCUT2D eigenvalue weighted by Crippen LogP contribution is 2.44. The van der Waals surface area contributed by atoms with Crippen LogP contribution in [-0.4, -0.2) is 53.1 Å². The second-order valence-corrected chi connectivity index (χ2v) is 6.94. The molecule has 2 N–H and O–H groups in total. The number of hydrogen-bond donors (Lipinski definition) is 2. The topological polar surface area (TPSA) is 113 Å². The number of carbonyl (C=O) groups excluding carboxylic acids is 3. The molecule has 1 aliphatic carbocycles. The van der Waals surface area contributed by atoms with E-state index in [1.54, 1.807) is 0 Å². The predicted molar refractivity (Wildman–Crippen MR) is 101 cm³/mol. The zero-order chi connectivity index (χ0) is 20.5. The Labute approximate surface area is 166 Å². The maximum atomic E-state index is 12.2. The van der Waals surface area contributed by atoms with Gasteiger partial charge in [0.15, 0.2) is 0 Å². The highest BCUT2D eigenvalue weighted by atomic mass is 16.5. The Hall–Kier alpha value is -3.68. The minimum Gasteiger partial charge on any atom is -0.480 e. The molecule has 29 heavy (non-hydrogen) atoms. The summed E-state index contributed by atoms with van der Waals surface area (Å²) < 4.78 is 5.35. The maximum Gasteiger partial charge on any atom is 0.407 e. The number of amides is 3. The Kier molecular flexibility index (Phi) is 4.75. The number of benzene rings is 2. The van der Waals surface area contributed by atoms with E-state index in [1.807, 2.05) is 48.5 Å². The Morgan fingerprint density at radius 3 is 2.21 bits per heavy atom. The Bertz CT molecular complexity index is 972. The molecule has 1 fully saturated rings. The lowest BCUT2D eigenvalue weighted by Gasteiger charge is -2.16. The minimum atomic E-state index is -1.30. The van der Waals surface area contributed by atoms with Gasteiger partial charge in [0, 0.05) is 5.92 Å². The van der Waals surface area contributed by atoms with Gasteiger partial charge < -0.3 is 15.2 Å².